The number of sulfonamides is 1. The van der Waals surface area contributed by atoms with Gasteiger partial charge in [0.05, 0.1) is 23.4 Å². The molecule has 9 heteroatoms. The summed E-state index contributed by atoms with van der Waals surface area (Å²) in [5.41, 5.74) is 3.49. The number of piperidine rings is 1. The summed E-state index contributed by atoms with van der Waals surface area (Å²) in [6.45, 7) is 3.27. The van der Waals surface area contributed by atoms with Gasteiger partial charge in [-0.2, -0.15) is 4.31 Å². The van der Waals surface area contributed by atoms with Crippen LogP contribution in [-0.4, -0.2) is 74.9 Å². The summed E-state index contributed by atoms with van der Waals surface area (Å²) < 4.78 is 34.7. The summed E-state index contributed by atoms with van der Waals surface area (Å²) in [4.78, 5) is 22.6. The maximum absolute atomic E-state index is 13.9. The number of fused-ring (bicyclic) bond motifs is 1. The molecular formula is C32H34N4O4S. The molecule has 2 saturated heterocycles. The molecule has 4 aromatic rings. The largest absolute Gasteiger partial charge is 0.497 e. The number of hydrogen-bond donors (Lipinski definition) is 0. The van der Waals surface area contributed by atoms with E-state index in [1.165, 1.54) is 4.31 Å². The Kier molecular flexibility index (Phi) is 7.64. The zero-order chi connectivity index (χ0) is 28.4. The first kappa shape index (κ1) is 27.2. The quantitative estimate of drug-likeness (QED) is 0.335. The Labute approximate surface area is 241 Å². The second-order valence-corrected chi connectivity index (χ2v) is 12.5. The molecule has 2 aliphatic rings. The summed E-state index contributed by atoms with van der Waals surface area (Å²) >= 11 is 0. The van der Waals surface area contributed by atoms with E-state index in [0.717, 1.165) is 35.2 Å². The van der Waals surface area contributed by atoms with Crippen LogP contribution in [0.1, 0.15) is 12.8 Å². The molecule has 2 fully saturated rings. The van der Waals surface area contributed by atoms with E-state index in [2.05, 4.69) is 16.0 Å². The van der Waals surface area contributed by atoms with Gasteiger partial charge in [0.15, 0.2) is 0 Å². The molecule has 2 aliphatic heterocycles. The number of hydrogen-bond acceptors (Lipinski definition) is 6. The molecule has 6 rings (SSSR count). The van der Waals surface area contributed by atoms with Crippen molar-refractivity contribution >= 4 is 32.5 Å². The number of piperazine rings is 1. The third-order valence-corrected chi connectivity index (χ3v) is 10.1. The highest BCUT2D eigenvalue weighted by Crippen LogP contribution is 2.34. The number of ether oxygens (including phenoxy) is 1. The monoisotopic (exact) mass is 570 g/mol. The van der Waals surface area contributed by atoms with Crippen LogP contribution >= 0.6 is 0 Å². The van der Waals surface area contributed by atoms with E-state index in [1.807, 2.05) is 71.8 Å². The van der Waals surface area contributed by atoms with Crippen molar-refractivity contribution in [3.05, 3.63) is 85.1 Å². The highest BCUT2D eigenvalue weighted by Gasteiger charge is 2.37. The number of pyridine rings is 1. The molecule has 41 heavy (non-hydrogen) atoms. The number of anilines is 1. The maximum Gasteiger partial charge on any atom is 0.243 e. The molecule has 0 spiro atoms. The number of para-hydroxylation sites is 1. The van der Waals surface area contributed by atoms with Gasteiger partial charge in [-0.3, -0.25) is 9.78 Å². The van der Waals surface area contributed by atoms with Crippen LogP contribution in [0.4, 0.5) is 5.69 Å². The van der Waals surface area contributed by atoms with Crippen LogP contribution in [-0.2, 0) is 14.8 Å². The third kappa shape index (κ3) is 5.39. The van der Waals surface area contributed by atoms with E-state index in [4.69, 9.17) is 4.74 Å². The summed E-state index contributed by atoms with van der Waals surface area (Å²) in [6, 6.07) is 24.6. The Morgan fingerprint density at radius 3 is 2.51 bits per heavy atom. The van der Waals surface area contributed by atoms with Gasteiger partial charge in [0.1, 0.15) is 5.75 Å². The Hall–Kier alpha value is -3.95. The molecule has 1 aromatic heterocycles. The second-order valence-electron chi connectivity index (χ2n) is 10.6. The number of nitrogens with zero attached hydrogens (tertiary/aromatic N) is 4. The molecular weight excluding hydrogens is 536 g/mol. The fourth-order valence-electron chi connectivity index (χ4n) is 6.00. The Bertz CT molecular complexity index is 1660. The molecule has 8 nitrogen and oxygen atoms in total. The van der Waals surface area contributed by atoms with E-state index in [1.54, 1.807) is 19.2 Å². The molecule has 1 atom stereocenters. The van der Waals surface area contributed by atoms with Crippen molar-refractivity contribution < 1.29 is 17.9 Å². The zero-order valence-corrected chi connectivity index (χ0v) is 24.0. The molecule has 212 valence electrons. The first-order chi connectivity index (χ1) is 20.0. The molecule has 0 radical (unpaired) electrons. The van der Waals surface area contributed by atoms with Gasteiger partial charge in [-0.1, -0.05) is 48.5 Å². The van der Waals surface area contributed by atoms with Crippen LogP contribution in [0.2, 0.25) is 0 Å². The van der Waals surface area contributed by atoms with Gasteiger partial charge in [0.25, 0.3) is 0 Å². The van der Waals surface area contributed by atoms with Crippen LogP contribution in [0.3, 0.4) is 0 Å². The fourth-order valence-corrected chi connectivity index (χ4v) is 7.74. The normalized spacial score (nSPS) is 18.4. The van der Waals surface area contributed by atoms with Gasteiger partial charge in [0, 0.05) is 62.1 Å². The van der Waals surface area contributed by atoms with Gasteiger partial charge in [-0.15, -0.1) is 0 Å². The van der Waals surface area contributed by atoms with E-state index >= 15 is 0 Å². The van der Waals surface area contributed by atoms with Crippen molar-refractivity contribution in [2.45, 2.75) is 17.7 Å². The number of amides is 1. The molecule has 0 N–H and O–H groups in total. The molecule has 1 amide bonds. The zero-order valence-electron chi connectivity index (χ0n) is 23.1. The standard InChI is InChI=1S/C32H34N4O4S/c1-40-26-10-6-8-24(22-26)27-11-3-5-14-31(27)41(38,39)36-17-7-9-25(23-36)32(37)35-20-18-34(19-21-35)30-15-16-33-29-13-4-2-12-28(29)30/h2-6,8,10-16,22,25H,7,9,17-21,23H2,1H3. The van der Waals surface area contributed by atoms with Crippen molar-refractivity contribution in [2.24, 2.45) is 5.92 Å². The van der Waals surface area contributed by atoms with Crippen molar-refractivity contribution in [1.29, 1.82) is 0 Å². The number of carbonyl (C=O) groups excluding carboxylic acids is 1. The average molecular weight is 571 g/mol. The Morgan fingerprint density at radius 2 is 1.68 bits per heavy atom. The van der Waals surface area contributed by atoms with Crippen LogP contribution in [0.25, 0.3) is 22.0 Å². The number of rotatable bonds is 6. The van der Waals surface area contributed by atoms with Crippen molar-refractivity contribution in [3.63, 3.8) is 0 Å². The highest BCUT2D eigenvalue weighted by molar-refractivity contribution is 7.89. The van der Waals surface area contributed by atoms with Gasteiger partial charge < -0.3 is 14.5 Å². The molecule has 3 aromatic carbocycles. The van der Waals surface area contributed by atoms with E-state index in [0.29, 0.717) is 43.8 Å². The second kappa shape index (κ2) is 11.5. The lowest BCUT2D eigenvalue weighted by molar-refractivity contribution is -0.137. The average Bonchev–Trinajstić information content (AvgIpc) is 3.04. The van der Waals surface area contributed by atoms with E-state index in [9.17, 15) is 13.2 Å². The minimum absolute atomic E-state index is 0.0465. The first-order valence-electron chi connectivity index (χ1n) is 14.1. The molecule has 3 heterocycles. The minimum atomic E-state index is -3.82. The summed E-state index contributed by atoms with van der Waals surface area (Å²) in [5.74, 6) is 0.358. The van der Waals surface area contributed by atoms with Gasteiger partial charge in [-0.25, -0.2) is 8.42 Å². The van der Waals surface area contributed by atoms with Gasteiger partial charge in [-0.05, 0) is 48.7 Å². The molecule has 0 aliphatic carbocycles. The molecule has 0 saturated carbocycles. The number of carbonyl (C=O) groups is 1. The van der Waals surface area contributed by atoms with Crippen LogP contribution < -0.4 is 9.64 Å². The van der Waals surface area contributed by atoms with E-state index in [-0.39, 0.29) is 23.3 Å². The van der Waals surface area contributed by atoms with Crippen molar-refractivity contribution in [2.75, 3.05) is 51.3 Å². The molecule has 1 unspecified atom stereocenters. The first-order valence-corrected chi connectivity index (χ1v) is 15.5. The summed E-state index contributed by atoms with van der Waals surface area (Å²) in [5, 5.41) is 1.11. The van der Waals surface area contributed by atoms with Gasteiger partial charge >= 0.3 is 0 Å². The predicted molar refractivity (Wildman–Crippen MR) is 160 cm³/mol. The lowest BCUT2D eigenvalue weighted by atomic mass is 9.97. The summed E-state index contributed by atoms with van der Waals surface area (Å²) in [7, 11) is -2.22. The Balaban J connectivity index is 1.16. The summed E-state index contributed by atoms with van der Waals surface area (Å²) in [6.07, 6.45) is 3.18. The van der Waals surface area contributed by atoms with Crippen LogP contribution in [0.15, 0.2) is 90.0 Å². The lowest BCUT2D eigenvalue weighted by Gasteiger charge is -2.39. The topological polar surface area (TPSA) is 83.0 Å². The number of benzene rings is 3. The van der Waals surface area contributed by atoms with Crippen LogP contribution in [0.5, 0.6) is 5.75 Å². The SMILES string of the molecule is COc1cccc(-c2ccccc2S(=O)(=O)N2CCCC(C(=O)N3CCN(c4ccnc5ccccc45)CC3)C2)c1. The van der Waals surface area contributed by atoms with E-state index < -0.39 is 10.0 Å². The predicted octanol–water partition coefficient (Wildman–Crippen LogP) is 4.66. The maximum atomic E-state index is 13.9. The minimum Gasteiger partial charge on any atom is -0.497 e. The highest BCUT2D eigenvalue weighted by atomic mass is 32.2. The van der Waals surface area contributed by atoms with Crippen LogP contribution in [0, 0.1) is 5.92 Å². The van der Waals surface area contributed by atoms with Gasteiger partial charge in [0.2, 0.25) is 15.9 Å². The fraction of sp³-hybridized carbons (Fsp3) is 0.312. The van der Waals surface area contributed by atoms with Crippen molar-refractivity contribution in [3.8, 4) is 16.9 Å². The smallest absolute Gasteiger partial charge is 0.243 e. The third-order valence-electron chi connectivity index (χ3n) is 8.18. The number of methoxy groups -OCH3 is 1. The number of aromatic nitrogens is 1. The van der Waals surface area contributed by atoms with Crippen molar-refractivity contribution in [1.82, 2.24) is 14.2 Å². The lowest BCUT2D eigenvalue weighted by Crippen LogP contribution is -2.53. The Morgan fingerprint density at radius 1 is 0.902 bits per heavy atom. The molecule has 0 bridgehead atoms.